The molecule has 2 rings (SSSR count). The van der Waals surface area contributed by atoms with Crippen LogP contribution in [0, 0.1) is 11.3 Å². The highest BCUT2D eigenvalue weighted by Crippen LogP contribution is 2.16. The van der Waals surface area contributed by atoms with E-state index in [1.54, 1.807) is 24.3 Å². The summed E-state index contributed by atoms with van der Waals surface area (Å²) < 4.78 is 4.60. The van der Waals surface area contributed by atoms with Crippen molar-refractivity contribution in [3.63, 3.8) is 0 Å². The zero-order chi connectivity index (χ0) is 12.3. The highest BCUT2D eigenvalue weighted by Gasteiger charge is 2.21. The molecule has 1 aromatic rings. The number of nitriles is 1. The maximum Gasteiger partial charge on any atom is 0.337 e. The smallest absolute Gasteiger partial charge is 0.337 e. The molecule has 1 aromatic carbocycles. The van der Waals surface area contributed by atoms with E-state index in [4.69, 9.17) is 10.1 Å². The van der Waals surface area contributed by atoms with Gasteiger partial charge in [0.25, 0.3) is 0 Å². The number of benzene rings is 1. The molecule has 0 amide bonds. The van der Waals surface area contributed by atoms with Crippen LogP contribution in [0.5, 0.6) is 0 Å². The maximum absolute atomic E-state index is 11.2. The van der Waals surface area contributed by atoms with Crippen LogP contribution in [0.3, 0.4) is 0 Å². The van der Waals surface area contributed by atoms with Gasteiger partial charge in [0, 0.05) is 6.42 Å². The van der Waals surface area contributed by atoms with Gasteiger partial charge in [0.2, 0.25) is 6.10 Å². The second-order valence-corrected chi connectivity index (χ2v) is 3.53. The van der Waals surface area contributed by atoms with Gasteiger partial charge in [0.05, 0.1) is 18.4 Å². The van der Waals surface area contributed by atoms with Crippen molar-refractivity contribution in [2.24, 2.45) is 5.16 Å². The van der Waals surface area contributed by atoms with Crippen molar-refractivity contribution in [2.45, 2.75) is 12.5 Å². The zero-order valence-electron chi connectivity index (χ0n) is 9.21. The standard InChI is InChI=1S/C12H10N2O3/c1-16-12(15)9-4-2-8(3-5-9)11-6-10(7-13)17-14-11/h2-5,10H,6H2,1H3/t10-/m0/s1. The van der Waals surface area contributed by atoms with Crippen LogP contribution in [0.1, 0.15) is 22.3 Å². The highest BCUT2D eigenvalue weighted by molar-refractivity contribution is 6.02. The lowest BCUT2D eigenvalue weighted by molar-refractivity contribution is 0.0600. The van der Waals surface area contributed by atoms with Crippen molar-refractivity contribution in [3.05, 3.63) is 35.4 Å². The normalized spacial score (nSPS) is 17.9. The van der Waals surface area contributed by atoms with Crippen LogP contribution in [0.2, 0.25) is 0 Å². The Kier molecular flexibility index (Phi) is 3.06. The molecule has 0 unspecified atom stereocenters. The summed E-state index contributed by atoms with van der Waals surface area (Å²) in [5.74, 6) is -0.379. The van der Waals surface area contributed by atoms with E-state index in [2.05, 4.69) is 9.89 Å². The summed E-state index contributed by atoms with van der Waals surface area (Å²) in [6.45, 7) is 0. The van der Waals surface area contributed by atoms with Crippen molar-refractivity contribution in [1.82, 2.24) is 0 Å². The molecule has 0 aromatic heterocycles. The van der Waals surface area contributed by atoms with E-state index in [0.717, 1.165) is 5.56 Å². The molecule has 86 valence electrons. The number of ether oxygens (including phenoxy) is 1. The zero-order valence-corrected chi connectivity index (χ0v) is 9.21. The molecule has 5 heteroatoms. The molecule has 1 atom stereocenters. The quantitative estimate of drug-likeness (QED) is 0.721. The molecule has 0 bridgehead atoms. The summed E-state index contributed by atoms with van der Waals surface area (Å²) in [7, 11) is 1.34. The summed E-state index contributed by atoms with van der Waals surface area (Å²) >= 11 is 0. The lowest BCUT2D eigenvalue weighted by atomic mass is 10.0. The Balaban J connectivity index is 2.15. The van der Waals surface area contributed by atoms with E-state index in [1.165, 1.54) is 7.11 Å². The van der Waals surface area contributed by atoms with Gasteiger partial charge in [-0.3, -0.25) is 0 Å². The molecule has 1 heterocycles. The number of methoxy groups -OCH3 is 1. The Hall–Kier alpha value is -2.35. The molecule has 1 aliphatic heterocycles. The fourth-order valence-electron chi connectivity index (χ4n) is 1.53. The summed E-state index contributed by atoms with van der Waals surface area (Å²) in [4.78, 5) is 16.1. The minimum Gasteiger partial charge on any atom is -0.465 e. The van der Waals surface area contributed by atoms with Crippen LogP contribution in [-0.2, 0) is 9.57 Å². The number of carbonyl (C=O) groups excluding carboxylic acids is 1. The molecule has 0 radical (unpaired) electrons. The summed E-state index contributed by atoms with van der Waals surface area (Å²) in [5.41, 5.74) is 2.04. The Labute approximate surface area is 98.2 Å². The average molecular weight is 230 g/mol. The Bertz CT molecular complexity index is 499. The second-order valence-electron chi connectivity index (χ2n) is 3.53. The first-order valence-corrected chi connectivity index (χ1v) is 5.05. The summed E-state index contributed by atoms with van der Waals surface area (Å²) in [6, 6.07) is 8.82. The lowest BCUT2D eigenvalue weighted by Gasteiger charge is -2.01. The number of nitrogens with zero attached hydrogens (tertiary/aromatic N) is 2. The van der Waals surface area contributed by atoms with Gasteiger partial charge in [-0.2, -0.15) is 5.26 Å². The molecular formula is C12H10N2O3. The molecule has 1 aliphatic rings. The monoisotopic (exact) mass is 230 g/mol. The van der Waals surface area contributed by atoms with Gasteiger partial charge in [-0.25, -0.2) is 4.79 Å². The molecule has 0 saturated carbocycles. The number of esters is 1. The van der Waals surface area contributed by atoms with Crippen molar-refractivity contribution in [3.8, 4) is 6.07 Å². The predicted molar refractivity (Wildman–Crippen MR) is 59.4 cm³/mol. The van der Waals surface area contributed by atoms with Crippen molar-refractivity contribution < 1.29 is 14.4 Å². The molecular weight excluding hydrogens is 220 g/mol. The van der Waals surface area contributed by atoms with Gasteiger partial charge in [0.1, 0.15) is 6.07 Å². The van der Waals surface area contributed by atoms with Gasteiger partial charge < -0.3 is 9.57 Å². The Morgan fingerprint density at radius 1 is 1.53 bits per heavy atom. The molecule has 17 heavy (non-hydrogen) atoms. The van der Waals surface area contributed by atoms with Gasteiger partial charge in [-0.1, -0.05) is 17.3 Å². The predicted octanol–water partition coefficient (Wildman–Crippen LogP) is 1.49. The van der Waals surface area contributed by atoms with Crippen LogP contribution in [0.4, 0.5) is 0 Å². The molecule has 0 aliphatic carbocycles. The first-order valence-electron chi connectivity index (χ1n) is 5.05. The van der Waals surface area contributed by atoms with Gasteiger partial charge >= 0.3 is 5.97 Å². The van der Waals surface area contributed by atoms with Crippen molar-refractivity contribution >= 4 is 11.7 Å². The van der Waals surface area contributed by atoms with E-state index in [9.17, 15) is 4.79 Å². The van der Waals surface area contributed by atoms with Crippen LogP contribution >= 0.6 is 0 Å². The number of carbonyl (C=O) groups is 1. The lowest BCUT2D eigenvalue weighted by Crippen LogP contribution is -2.06. The van der Waals surface area contributed by atoms with Crippen LogP contribution in [0.15, 0.2) is 29.4 Å². The fraction of sp³-hybridized carbons (Fsp3) is 0.250. The van der Waals surface area contributed by atoms with E-state index in [1.807, 2.05) is 6.07 Å². The molecule has 0 N–H and O–H groups in total. The molecule has 0 spiro atoms. The number of hydrogen-bond donors (Lipinski definition) is 0. The molecule has 0 fully saturated rings. The SMILES string of the molecule is COC(=O)c1ccc(C2=NO[C@H](C#N)C2)cc1. The minimum absolute atomic E-state index is 0.379. The third kappa shape index (κ3) is 2.26. The number of rotatable bonds is 2. The van der Waals surface area contributed by atoms with Crippen LogP contribution in [0.25, 0.3) is 0 Å². The first-order chi connectivity index (χ1) is 8.24. The van der Waals surface area contributed by atoms with Crippen molar-refractivity contribution in [2.75, 3.05) is 7.11 Å². The van der Waals surface area contributed by atoms with E-state index >= 15 is 0 Å². The highest BCUT2D eigenvalue weighted by atomic mass is 16.6. The first kappa shape index (κ1) is 11.1. The topological polar surface area (TPSA) is 71.7 Å². The Morgan fingerprint density at radius 3 is 2.76 bits per heavy atom. The largest absolute Gasteiger partial charge is 0.465 e. The Morgan fingerprint density at radius 2 is 2.24 bits per heavy atom. The second kappa shape index (κ2) is 4.66. The molecule has 0 saturated heterocycles. The average Bonchev–Trinajstić information content (AvgIpc) is 2.87. The fourth-order valence-corrected chi connectivity index (χ4v) is 1.53. The van der Waals surface area contributed by atoms with E-state index < -0.39 is 6.10 Å². The van der Waals surface area contributed by atoms with Crippen molar-refractivity contribution in [1.29, 1.82) is 5.26 Å². The van der Waals surface area contributed by atoms with Gasteiger partial charge in [0.15, 0.2) is 0 Å². The number of hydrogen-bond acceptors (Lipinski definition) is 5. The van der Waals surface area contributed by atoms with Gasteiger partial charge in [-0.05, 0) is 17.7 Å². The third-order valence-corrected chi connectivity index (χ3v) is 2.45. The summed E-state index contributed by atoms with van der Waals surface area (Å²) in [5, 5.41) is 12.5. The maximum atomic E-state index is 11.2. The van der Waals surface area contributed by atoms with Gasteiger partial charge in [-0.15, -0.1) is 0 Å². The van der Waals surface area contributed by atoms with E-state index in [0.29, 0.717) is 17.7 Å². The minimum atomic E-state index is -0.509. The van der Waals surface area contributed by atoms with E-state index in [-0.39, 0.29) is 5.97 Å². The molecule has 5 nitrogen and oxygen atoms in total. The van der Waals surface area contributed by atoms with Crippen LogP contribution in [-0.4, -0.2) is 24.9 Å². The third-order valence-electron chi connectivity index (χ3n) is 2.45. The number of oxime groups is 1. The summed E-state index contributed by atoms with van der Waals surface area (Å²) in [6.07, 6.45) is -0.0427. The van der Waals surface area contributed by atoms with Crippen LogP contribution < -0.4 is 0 Å².